The van der Waals surface area contributed by atoms with E-state index in [2.05, 4.69) is 25.5 Å². The number of hydrogen-bond donors (Lipinski definition) is 2. The van der Waals surface area contributed by atoms with Crippen LogP contribution in [0, 0.1) is 5.92 Å². The number of rotatable bonds is 5. The van der Waals surface area contributed by atoms with E-state index in [0.717, 1.165) is 16.7 Å². The Morgan fingerprint density at radius 2 is 1.96 bits per heavy atom. The lowest BCUT2D eigenvalue weighted by Gasteiger charge is -2.21. The number of carbonyl (C=O) groups is 1. The van der Waals surface area contributed by atoms with Crippen molar-refractivity contribution in [3.63, 3.8) is 0 Å². The van der Waals surface area contributed by atoms with Crippen molar-refractivity contribution in [2.24, 2.45) is 5.92 Å². The first-order valence-corrected chi connectivity index (χ1v) is 9.65. The molecule has 1 aromatic carbocycles. The number of aromatic amines is 1. The van der Waals surface area contributed by atoms with Crippen LogP contribution in [0.2, 0.25) is 0 Å². The van der Waals surface area contributed by atoms with E-state index < -0.39 is 6.09 Å². The van der Waals surface area contributed by atoms with Gasteiger partial charge >= 0.3 is 6.09 Å². The molecule has 1 saturated carbocycles. The predicted molar refractivity (Wildman–Crippen MR) is 106 cm³/mol. The number of pyridine rings is 1. The summed E-state index contributed by atoms with van der Waals surface area (Å²) < 4.78 is 5.61. The Balaban J connectivity index is 1.48. The second kappa shape index (κ2) is 8.65. The zero-order chi connectivity index (χ0) is 19.2. The van der Waals surface area contributed by atoms with Crippen molar-refractivity contribution < 1.29 is 9.53 Å². The van der Waals surface area contributed by atoms with Crippen molar-refractivity contribution in [2.45, 2.75) is 32.1 Å². The highest BCUT2D eigenvalue weighted by Crippen LogP contribution is 2.31. The maximum atomic E-state index is 12.3. The molecule has 0 radical (unpaired) electrons. The van der Waals surface area contributed by atoms with Gasteiger partial charge in [0.1, 0.15) is 12.1 Å². The molecule has 7 nitrogen and oxygen atoms in total. The minimum atomic E-state index is -0.419. The first kappa shape index (κ1) is 18.2. The molecule has 0 unspecified atom stereocenters. The molecule has 4 rings (SSSR count). The number of para-hydroxylation sites is 1. The summed E-state index contributed by atoms with van der Waals surface area (Å²) in [5.74, 6) is 1.69. The van der Waals surface area contributed by atoms with Gasteiger partial charge in [-0.25, -0.2) is 9.78 Å². The Labute approximate surface area is 163 Å². The van der Waals surface area contributed by atoms with E-state index >= 15 is 0 Å². The fourth-order valence-electron chi connectivity index (χ4n) is 3.61. The van der Waals surface area contributed by atoms with Crippen LogP contribution in [0.3, 0.4) is 0 Å². The number of benzene rings is 1. The molecular weight excluding hydrogens is 354 g/mol. The third kappa shape index (κ3) is 4.36. The Morgan fingerprint density at radius 3 is 2.79 bits per heavy atom. The third-order valence-corrected chi connectivity index (χ3v) is 5.09. The molecule has 144 valence electrons. The minimum absolute atomic E-state index is 0.419. The third-order valence-electron chi connectivity index (χ3n) is 5.09. The van der Waals surface area contributed by atoms with Gasteiger partial charge in [0.05, 0.1) is 0 Å². The first-order chi connectivity index (χ1) is 13.8. The van der Waals surface area contributed by atoms with Gasteiger partial charge in [-0.1, -0.05) is 37.5 Å². The molecule has 1 aliphatic carbocycles. The van der Waals surface area contributed by atoms with E-state index in [0.29, 0.717) is 24.0 Å². The molecule has 0 bridgehead atoms. The molecule has 2 heterocycles. The SMILES string of the molecule is O=C(NCC1CCCCC1)Oc1ccccc1-c1cncc(-c2ncn[nH]2)c1. The average Bonchev–Trinajstić information content (AvgIpc) is 3.29. The van der Waals surface area contributed by atoms with Crippen LogP contribution in [0.1, 0.15) is 32.1 Å². The van der Waals surface area contributed by atoms with Crippen LogP contribution in [0.25, 0.3) is 22.5 Å². The monoisotopic (exact) mass is 377 g/mol. The van der Waals surface area contributed by atoms with Gasteiger partial charge in [0, 0.05) is 35.6 Å². The minimum Gasteiger partial charge on any atom is -0.410 e. The molecule has 1 fully saturated rings. The molecule has 1 amide bonds. The van der Waals surface area contributed by atoms with Gasteiger partial charge in [-0.3, -0.25) is 10.1 Å². The number of ether oxygens (including phenoxy) is 1. The summed E-state index contributed by atoms with van der Waals surface area (Å²) in [7, 11) is 0. The van der Waals surface area contributed by atoms with Crippen molar-refractivity contribution in [3.05, 3.63) is 49.1 Å². The average molecular weight is 377 g/mol. The second-order valence-corrected chi connectivity index (χ2v) is 7.07. The molecule has 1 aliphatic rings. The molecule has 28 heavy (non-hydrogen) atoms. The summed E-state index contributed by atoms with van der Waals surface area (Å²) in [6.07, 6.45) is 10.6. The zero-order valence-corrected chi connectivity index (χ0v) is 15.6. The van der Waals surface area contributed by atoms with Crippen molar-refractivity contribution in [2.75, 3.05) is 6.54 Å². The number of H-pyrrole nitrogens is 1. The van der Waals surface area contributed by atoms with E-state index in [1.54, 1.807) is 18.5 Å². The van der Waals surface area contributed by atoms with Gasteiger partial charge in [-0.05, 0) is 30.9 Å². The number of nitrogens with one attached hydrogen (secondary N) is 2. The number of carbonyl (C=O) groups excluding carboxylic acids is 1. The standard InChI is InChI=1S/C21H23N5O2/c27-21(23-11-15-6-2-1-3-7-15)28-19-9-5-4-8-18(19)16-10-17(13-22-12-16)20-24-14-25-26-20/h4-5,8-10,12-15H,1-3,6-7,11H2,(H,23,27)(H,24,25,26). The Hall–Kier alpha value is -3.22. The van der Waals surface area contributed by atoms with Crippen LogP contribution >= 0.6 is 0 Å². The van der Waals surface area contributed by atoms with Crippen LogP contribution < -0.4 is 10.1 Å². The number of amides is 1. The lowest BCUT2D eigenvalue weighted by Crippen LogP contribution is -2.32. The molecular formula is C21H23N5O2. The molecule has 7 heteroatoms. The van der Waals surface area contributed by atoms with Crippen LogP contribution in [-0.2, 0) is 0 Å². The van der Waals surface area contributed by atoms with Crippen LogP contribution in [0.15, 0.2) is 49.1 Å². The fourth-order valence-corrected chi connectivity index (χ4v) is 3.61. The molecule has 3 aromatic rings. The summed E-state index contributed by atoms with van der Waals surface area (Å²) in [6.45, 7) is 0.670. The Bertz CT molecular complexity index is 920. The van der Waals surface area contributed by atoms with Gasteiger partial charge in [-0.2, -0.15) is 5.10 Å². The molecule has 2 N–H and O–H groups in total. The number of hydrogen-bond acceptors (Lipinski definition) is 5. The topological polar surface area (TPSA) is 92.8 Å². The summed E-state index contributed by atoms with van der Waals surface area (Å²) >= 11 is 0. The molecule has 0 atom stereocenters. The van der Waals surface area contributed by atoms with Crippen LogP contribution in [-0.4, -0.2) is 32.8 Å². The smallest absolute Gasteiger partial charge is 0.410 e. The van der Waals surface area contributed by atoms with Crippen LogP contribution in [0.5, 0.6) is 5.75 Å². The Kier molecular flexibility index (Phi) is 5.61. The second-order valence-electron chi connectivity index (χ2n) is 7.07. The summed E-state index contributed by atoms with van der Waals surface area (Å²) in [6, 6.07) is 9.39. The predicted octanol–water partition coefficient (Wildman–Crippen LogP) is 4.20. The fraction of sp³-hybridized carbons (Fsp3) is 0.333. The van der Waals surface area contributed by atoms with Gasteiger partial charge in [0.2, 0.25) is 0 Å². The Morgan fingerprint density at radius 1 is 1.14 bits per heavy atom. The van der Waals surface area contributed by atoms with E-state index in [9.17, 15) is 4.79 Å². The zero-order valence-electron chi connectivity index (χ0n) is 15.6. The summed E-state index contributed by atoms with van der Waals surface area (Å²) in [5, 5.41) is 9.62. The normalized spacial score (nSPS) is 14.6. The largest absolute Gasteiger partial charge is 0.412 e. The highest BCUT2D eigenvalue weighted by molar-refractivity contribution is 5.78. The van der Waals surface area contributed by atoms with Gasteiger partial charge in [0.25, 0.3) is 0 Å². The van der Waals surface area contributed by atoms with E-state index in [4.69, 9.17) is 4.74 Å². The van der Waals surface area contributed by atoms with Crippen molar-refractivity contribution in [1.29, 1.82) is 0 Å². The summed E-state index contributed by atoms with van der Waals surface area (Å²) in [4.78, 5) is 20.8. The van der Waals surface area contributed by atoms with Gasteiger partial charge in [0.15, 0.2) is 5.82 Å². The maximum Gasteiger partial charge on any atom is 0.412 e. The molecule has 0 saturated heterocycles. The van der Waals surface area contributed by atoms with E-state index in [1.165, 1.54) is 38.4 Å². The highest BCUT2D eigenvalue weighted by atomic mass is 16.6. The van der Waals surface area contributed by atoms with Crippen molar-refractivity contribution in [3.8, 4) is 28.3 Å². The van der Waals surface area contributed by atoms with E-state index in [-0.39, 0.29) is 0 Å². The summed E-state index contributed by atoms with van der Waals surface area (Å²) in [5.41, 5.74) is 2.44. The quantitative estimate of drug-likeness (QED) is 0.695. The lowest BCUT2D eigenvalue weighted by molar-refractivity contribution is 0.196. The van der Waals surface area contributed by atoms with Crippen LogP contribution in [0.4, 0.5) is 4.79 Å². The molecule has 0 spiro atoms. The lowest BCUT2D eigenvalue weighted by atomic mass is 9.89. The van der Waals surface area contributed by atoms with Gasteiger partial charge in [-0.15, -0.1) is 0 Å². The number of aromatic nitrogens is 4. The van der Waals surface area contributed by atoms with Crippen molar-refractivity contribution in [1.82, 2.24) is 25.5 Å². The highest BCUT2D eigenvalue weighted by Gasteiger charge is 2.16. The molecule has 2 aromatic heterocycles. The molecule has 0 aliphatic heterocycles. The van der Waals surface area contributed by atoms with Crippen molar-refractivity contribution >= 4 is 6.09 Å². The first-order valence-electron chi connectivity index (χ1n) is 9.65. The van der Waals surface area contributed by atoms with E-state index in [1.807, 2.05) is 24.3 Å². The maximum absolute atomic E-state index is 12.3. The van der Waals surface area contributed by atoms with Gasteiger partial charge < -0.3 is 10.1 Å². The number of nitrogens with zero attached hydrogens (tertiary/aromatic N) is 3.